The zero-order chi connectivity index (χ0) is 24.6. The van der Waals surface area contributed by atoms with Crippen LogP contribution in [0.4, 0.5) is 10.1 Å². The van der Waals surface area contributed by atoms with Crippen LogP contribution < -0.4 is 14.2 Å². The summed E-state index contributed by atoms with van der Waals surface area (Å²) >= 11 is 3.21. The van der Waals surface area contributed by atoms with Crippen molar-refractivity contribution in [3.8, 4) is 28.7 Å². The summed E-state index contributed by atoms with van der Waals surface area (Å²) < 4.78 is 59.9. The largest absolute Gasteiger partial charge is 0.494 e. The molecule has 0 spiro atoms. The number of hydrogen-bond donors (Lipinski definition) is 1. The van der Waals surface area contributed by atoms with E-state index in [-0.39, 0.29) is 50.0 Å². The van der Waals surface area contributed by atoms with E-state index in [0.29, 0.717) is 11.1 Å². The summed E-state index contributed by atoms with van der Waals surface area (Å²) in [5.74, 6) is -2.09. The maximum Gasteiger partial charge on any atom is 0.338 e. The highest BCUT2D eigenvalue weighted by atomic mass is 79.9. The molecule has 3 aromatic rings. The van der Waals surface area contributed by atoms with Gasteiger partial charge in [0, 0.05) is 11.8 Å². The number of benzene rings is 2. The smallest absolute Gasteiger partial charge is 0.338 e. The molecule has 1 aliphatic heterocycles. The van der Waals surface area contributed by atoms with Crippen molar-refractivity contribution < 1.29 is 31.8 Å². The average Bonchev–Trinajstić information content (AvgIpc) is 2.81. The lowest BCUT2D eigenvalue weighted by Gasteiger charge is -2.17. The fourth-order valence-corrected chi connectivity index (χ4v) is 5.49. The summed E-state index contributed by atoms with van der Waals surface area (Å²) in [4.78, 5) is 16.4. The summed E-state index contributed by atoms with van der Waals surface area (Å²) in [7, 11) is -1.95. The third kappa shape index (κ3) is 4.15. The van der Waals surface area contributed by atoms with E-state index < -0.39 is 21.8 Å². The highest BCUT2D eigenvalue weighted by molar-refractivity contribution is 9.10. The van der Waals surface area contributed by atoms with Gasteiger partial charge in [-0.2, -0.15) is 5.26 Å². The second-order valence-corrected chi connectivity index (χ2v) is 9.55. The summed E-state index contributed by atoms with van der Waals surface area (Å²) in [5, 5.41) is 9.27. The lowest BCUT2D eigenvalue weighted by Crippen LogP contribution is -2.16. The molecule has 2 aromatic carbocycles. The summed E-state index contributed by atoms with van der Waals surface area (Å²) in [6.45, 7) is -0.269. The Morgan fingerprint density at radius 1 is 1.15 bits per heavy atom. The number of nitriles is 1. The number of methoxy groups -OCH3 is 2. The zero-order valence-corrected chi connectivity index (χ0v) is 20.1. The second kappa shape index (κ2) is 8.92. The van der Waals surface area contributed by atoms with Crippen molar-refractivity contribution in [2.75, 3.05) is 18.9 Å². The molecule has 0 aliphatic carbocycles. The van der Waals surface area contributed by atoms with Gasteiger partial charge in [0.2, 0.25) is 0 Å². The van der Waals surface area contributed by atoms with Gasteiger partial charge in [-0.3, -0.25) is 4.72 Å². The molecule has 0 radical (unpaired) electrons. The molecular weight excluding hydrogens is 533 g/mol. The minimum absolute atomic E-state index is 0.0353. The fraction of sp³-hybridized carbons (Fsp3) is 0.136. The van der Waals surface area contributed by atoms with Gasteiger partial charge in [0.15, 0.2) is 17.3 Å². The number of esters is 1. The van der Waals surface area contributed by atoms with Gasteiger partial charge in [-0.15, -0.1) is 0 Å². The van der Waals surface area contributed by atoms with Gasteiger partial charge in [-0.25, -0.2) is 22.6 Å². The Morgan fingerprint density at radius 2 is 1.88 bits per heavy atom. The molecular formula is C22H15BrFN3O6S. The fourth-order valence-electron chi connectivity index (χ4n) is 3.47. The molecule has 1 aliphatic rings. The predicted molar refractivity (Wildman–Crippen MR) is 122 cm³/mol. The SMILES string of the molecule is COc1c(F)cc2cc1NS(=O)(=O)c1cc(cc(Br)c1OC)C(=O)OCc1cnc(C#N)cc1-2. The first-order chi connectivity index (χ1) is 16.2. The molecule has 2 heterocycles. The van der Waals surface area contributed by atoms with Gasteiger partial charge in [-0.05, 0) is 57.4 Å². The van der Waals surface area contributed by atoms with E-state index >= 15 is 0 Å². The van der Waals surface area contributed by atoms with Crippen LogP contribution in [-0.2, 0) is 21.4 Å². The monoisotopic (exact) mass is 547 g/mol. The first kappa shape index (κ1) is 23.5. The molecule has 0 amide bonds. The van der Waals surface area contributed by atoms with Crippen molar-refractivity contribution in [1.82, 2.24) is 4.98 Å². The van der Waals surface area contributed by atoms with E-state index in [1.807, 2.05) is 6.07 Å². The van der Waals surface area contributed by atoms with Crippen molar-refractivity contribution in [3.63, 3.8) is 0 Å². The van der Waals surface area contributed by atoms with Crippen molar-refractivity contribution >= 4 is 37.6 Å². The van der Waals surface area contributed by atoms with Crippen LogP contribution in [0.25, 0.3) is 11.1 Å². The number of nitrogens with zero attached hydrogens (tertiary/aromatic N) is 2. The molecule has 4 rings (SSSR count). The van der Waals surface area contributed by atoms with E-state index in [9.17, 15) is 22.9 Å². The van der Waals surface area contributed by atoms with Crippen molar-refractivity contribution in [2.45, 2.75) is 11.5 Å². The Hall–Kier alpha value is -3.69. The quantitative estimate of drug-likeness (QED) is 0.476. The molecule has 0 fully saturated rings. The number of ether oxygens (including phenoxy) is 3. The molecule has 0 atom stereocenters. The van der Waals surface area contributed by atoms with Crippen LogP contribution in [0.15, 0.2) is 45.9 Å². The molecule has 0 saturated carbocycles. The van der Waals surface area contributed by atoms with Crippen LogP contribution in [0, 0.1) is 17.1 Å². The number of hydrogen-bond acceptors (Lipinski definition) is 8. The van der Waals surface area contributed by atoms with Crippen molar-refractivity contribution in [2.24, 2.45) is 0 Å². The summed E-state index contributed by atoms with van der Waals surface area (Å²) in [5.41, 5.74) is 0.672. The zero-order valence-electron chi connectivity index (χ0n) is 17.7. The molecule has 1 aromatic heterocycles. The van der Waals surface area contributed by atoms with Gasteiger partial charge < -0.3 is 14.2 Å². The molecule has 174 valence electrons. The van der Waals surface area contributed by atoms with Crippen LogP contribution >= 0.6 is 15.9 Å². The molecule has 0 saturated heterocycles. The summed E-state index contributed by atoms with van der Waals surface area (Å²) in [6.07, 6.45) is 1.34. The van der Waals surface area contributed by atoms with E-state index in [1.54, 1.807) is 0 Å². The van der Waals surface area contributed by atoms with Crippen LogP contribution in [0.1, 0.15) is 21.6 Å². The lowest BCUT2D eigenvalue weighted by molar-refractivity contribution is 0.0472. The molecule has 9 nitrogen and oxygen atoms in total. The highest BCUT2D eigenvalue weighted by Gasteiger charge is 2.28. The van der Waals surface area contributed by atoms with Crippen LogP contribution in [0.3, 0.4) is 0 Å². The number of rotatable bonds is 2. The van der Waals surface area contributed by atoms with Gasteiger partial charge >= 0.3 is 5.97 Å². The standard InChI is InChI=1S/C22H15BrFN3O6S/c1-31-20-16(23)3-12-6-19(20)34(29,30)27-18-5-11(4-17(24)21(18)32-2)15-7-14(8-25)26-9-13(15)10-33-22(12)28/h3-7,9,27H,10H2,1-2H3. The highest BCUT2D eigenvalue weighted by Crippen LogP contribution is 2.39. The summed E-state index contributed by atoms with van der Waals surface area (Å²) in [6, 6.07) is 8.21. The van der Waals surface area contributed by atoms with Gasteiger partial charge in [0.25, 0.3) is 10.0 Å². The lowest BCUT2D eigenvalue weighted by atomic mass is 10.00. The third-order valence-electron chi connectivity index (χ3n) is 5.00. The second-order valence-electron chi connectivity index (χ2n) is 7.05. The minimum atomic E-state index is -4.41. The number of sulfonamides is 1. The maximum atomic E-state index is 15.0. The van der Waals surface area contributed by atoms with Gasteiger partial charge in [0.1, 0.15) is 23.3 Å². The van der Waals surface area contributed by atoms with Crippen molar-refractivity contribution in [3.05, 3.63) is 63.6 Å². The van der Waals surface area contributed by atoms with E-state index in [0.717, 1.165) is 12.1 Å². The Bertz CT molecular complexity index is 1490. The number of halogens is 2. The third-order valence-corrected chi connectivity index (χ3v) is 6.96. The minimum Gasteiger partial charge on any atom is -0.494 e. The number of carbonyl (C=O) groups excluding carboxylic acids is 1. The van der Waals surface area contributed by atoms with Gasteiger partial charge in [0.05, 0.1) is 29.9 Å². The number of cyclic esters (lactones) is 1. The first-order valence-electron chi connectivity index (χ1n) is 9.53. The predicted octanol–water partition coefficient (Wildman–Crippen LogP) is 4.01. The van der Waals surface area contributed by atoms with E-state index in [1.165, 1.54) is 38.6 Å². The average molecular weight is 548 g/mol. The number of carbonyl (C=O) groups is 1. The Morgan fingerprint density at radius 3 is 2.56 bits per heavy atom. The maximum absolute atomic E-state index is 15.0. The topological polar surface area (TPSA) is 128 Å². The molecule has 12 heteroatoms. The Kier molecular flexibility index (Phi) is 6.16. The van der Waals surface area contributed by atoms with Crippen LogP contribution in [-0.4, -0.2) is 33.6 Å². The number of fused-ring (bicyclic) bond motifs is 6. The number of pyridine rings is 1. The van der Waals surface area contributed by atoms with Gasteiger partial charge in [-0.1, -0.05) is 0 Å². The first-order valence-corrected chi connectivity index (χ1v) is 11.8. The number of anilines is 1. The Labute approximate surface area is 202 Å². The van der Waals surface area contributed by atoms with E-state index in [2.05, 4.69) is 25.6 Å². The molecule has 1 N–H and O–H groups in total. The molecule has 0 unspecified atom stereocenters. The van der Waals surface area contributed by atoms with Crippen LogP contribution in [0.2, 0.25) is 0 Å². The normalized spacial score (nSPS) is 14.1. The number of nitrogens with one attached hydrogen (secondary N) is 1. The molecule has 34 heavy (non-hydrogen) atoms. The Balaban J connectivity index is 2.05. The number of aromatic nitrogens is 1. The van der Waals surface area contributed by atoms with Crippen molar-refractivity contribution in [1.29, 1.82) is 5.26 Å². The van der Waals surface area contributed by atoms with E-state index in [4.69, 9.17) is 14.2 Å². The molecule has 4 bridgehead atoms. The van der Waals surface area contributed by atoms with Crippen LogP contribution in [0.5, 0.6) is 11.5 Å².